The molecule has 0 saturated heterocycles. The van der Waals surface area contributed by atoms with Crippen molar-refractivity contribution in [3.8, 4) is 5.75 Å². The van der Waals surface area contributed by atoms with Crippen LogP contribution in [0.2, 0.25) is 5.02 Å². The van der Waals surface area contributed by atoms with Crippen molar-refractivity contribution in [3.05, 3.63) is 38.8 Å². The molecule has 0 spiro atoms. The van der Waals surface area contributed by atoms with Crippen molar-refractivity contribution >= 4 is 49.9 Å². The van der Waals surface area contributed by atoms with Gasteiger partial charge in [-0.05, 0) is 25.1 Å². The quantitative estimate of drug-likeness (QED) is 0.899. The number of ether oxygens (including phenoxy) is 1. The van der Waals surface area contributed by atoms with Crippen LogP contribution in [0.3, 0.4) is 0 Å². The van der Waals surface area contributed by atoms with Gasteiger partial charge in [-0.1, -0.05) is 27.5 Å². The molecule has 0 radical (unpaired) electrons. The number of carbonyl (C=O) groups excluding carboxylic acids is 1. The Labute approximate surface area is 127 Å². The van der Waals surface area contributed by atoms with Crippen molar-refractivity contribution < 1.29 is 9.53 Å². The van der Waals surface area contributed by atoms with Gasteiger partial charge in [0.05, 0.1) is 10.7 Å². The SMILES string of the molecule is Cc1csc(NC(=O)COc2ccc(Br)cc2Cl)n1. The topological polar surface area (TPSA) is 51.2 Å². The number of benzene rings is 1. The van der Waals surface area contributed by atoms with Gasteiger partial charge in [-0.2, -0.15) is 0 Å². The molecule has 4 nitrogen and oxygen atoms in total. The van der Waals surface area contributed by atoms with E-state index >= 15 is 0 Å². The van der Waals surface area contributed by atoms with Crippen molar-refractivity contribution in [1.82, 2.24) is 4.98 Å². The second-order valence-corrected chi connectivity index (χ2v) is 5.89. The lowest BCUT2D eigenvalue weighted by Crippen LogP contribution is -2.20. The monoisotopic (exact) mass is 360 g/mol. The van der Waals surface area contributed by atoms with Crippen LogP contribution in [0, 0.1) is 6.92 Å². The normalized spacial score (nSPS) is 10.3. The van der Waals surface area contributed by atoms with Crippen LogP contribution in [0.5, 0.6) is 5.75 Å². The number of hydrogen-bond donors (Lipinski definition) is 1. The number of anilines is 1. The Morgan fingerprint density at radius 1 is 1.58 bits per heavy atom. The summed E-state index contributed by atoms with van der Waals surface area (Å²) in [5, 5.41) is 5.53. The third-order valence-electron chi connectivity index (χ3n) is 2.12. The van der Waals surface area contributed by atoms with Gasteiger partial charge in [0.2, 0.25) is 0 Å². The summed E-state index contributed by atoms with van der Waals surface area (Å²) in [6.07, 6.45) is 0. The van der Waals surface area contributed by atoms with Gasteiger partial charge in [0.25, 0.3) is 5.91 Å². The summed E-state index contributed by atoms with van der Waals surface area (Å²) < 4.78 is 6.20. The largest absolute Gasteiger partial charge is 0.482 e. The Balaban J connectivity index is 1.89. The summed E-state index contributed by atoms with van der Waals surface area (Å²) in [4.78, 5) is 15.8. The van der Waals surface area contributed by atoms with Gasteiger partial charge in [0.15, 0.2) is 11.7 Å². The van der Waals surface area contributed by atoms with E-state index in [0.717, 1.165) is 10.2 Å². The summed E-state index contributed by atoms with van der Waals surface area (Å²) >= 11 is 10.6. The Morgan fingerprint density at radius 2 is 2.37 bits per heavy atom. The van der Waals surface area contributed by atoms with Gasteiger partial charge in [0, 0.05) is 9.85 Å². The number of aromatic nitrogens is 1. The van der Waals surface area contributed by atoms with E-state index in [-0.39, 0.29) is 12.5 Å². The summed E-state index contributed by atoms with van der Waals surface area (Å²) in [5.41, 5.74) is 0.872. The zero-order valence-corrected chi connectivity index (χ0v) is 13.1. The molecular formula is C12H10BrClN2O2S. The average Bonchev–Trinajstić information content (AvgIpc) is 2.73. The summed E-state index contributed by atoms with van der Waals surface area (Å²) in [5.74, 6) is 0.198. The summed E-state index contributed by atoms with van der Waals surface area (Å²) in [7, 11) is 0. The number of aryl methyl sites for hydroxylation is 1. The van der Waals surface area contributed by atoms with Gasteiger partial charge >= 0.3 is 0 Å². The van der Waals surface area contributed by atoms with Crippen LogP contribution in [-0.4, -0.2) is 17.5 Å². The predicted molar refractivity (Wildman–Crippen MR) is 80.1 cm³/mol. The van der Waals surface area contributed by atoms with Crippen LogP contribution in [0.4, 0.5) is 5.13 Å². The highest BCUT2D eigenvalue weighted by Crippen LogP contribution is 2.27. The molecule has 0 aliphatic heterocycles. The highest BCUT2D eigenvalue weighted by atomic mass is 79.9. The van der Waals surface area contributed by atoms with Crippen molar-refractivity contribution in [1.29, 1.82) is 0 Å². The molecule has 2 rings (SSSR count). The van der Waals surface area contributed by atoms with E-state index in [0.29, 0.717) is 15.9 Å². The first-order valence-electron chi connectivity index (χ1n) is 5.34. The molecular weight excluding hydrogens is 352 g/mol. The van der Waals surface area contributed by atoms with Crippen molar-refractivity contribution in [2.45, 2.75) is 6.92 Å². The lowest BCUT2D eigenvalue weighted by atomic mass is 10.3. The Bertz CT molecular complexity index is 603. The minimum Gasteiger partial charge on any atom is -0.482 e. The number of amides is 1. The molecule has 1 N–H and O–H groups in total. The fraction of sp³-hybridized carbons (Fsp3) is 0.167. The third-order valence-corrected chi connectivity index (χ3v) is 3.78. The minimum atomic E-state index is -0.270. The average molecular weight is 362 g/mol. The Kier molecular flexibility index (Phi) is 4.79. The molecule has 0 atom stereocenters. The molecule has 2 aromatic rings. The zero-order chi connectivity index (χ0) is 13.8. The van der Waals surface area contributed by atoms with E-state index in [2.05, 4.69) is 26.2 Å². The fourth-order valence-corrected chi connectivity index (χ4v) is 2.73. The second kappa shape index (κ2) is 6.36. The number of hydrogen-bond acceptors (Lipinski definition) is 4. The first-order valence-corrected chi connectivity index (χ1v) is 7.39. The summed E-state index contributed by atoms with van der Waals surface area (Å²) in [6.45, 7) is 1.75. The van der Waals surface area contributed by atoms with Crippen LogP contribution in [-0.2, 0) is 4.79 Å². The standard InChI is InChI=1S/C12H10BrClN2O2S/c1-7-6-19-12(15-7)16-11(17)5-18-10-3-2-8(13)4-9(10)14/h2-4,6H,5H2,1H3,(H,15,16,17). The van der Waals surface area contributed by atoms with E-state index < -0.39 is 0 Å². The predicted octanol–water partition coefficient (Wildman–Crippen LogP) is 3.88. The Morgan fingerprint density at radius 3 is 3.00 bits per heavy atom. The molecule has 1 amide bonds. The molecule has 1 aromatic carbocycles. The molecule has 1 heterocycles. The number of carbonyl (C=O) groups is 1. The maximum atomic E-state index is 11.7. The lowest BCUT2D eigenvalue weighted by molar-refractivity contribution is -0.118. The van der Waals surface area contributed by atoms with Gasteiger partial charge in [-0.15, -0.1) is 11.3 Å². The smallest absolute Gasteiger partial charge is 0.264 e. The van der Waals surface area contributed by atoms with E-state index in [9.17, 15) is 4.79 Å². The van der Waals surface area contributed by atoms with E-state index in [4.69, 9.17) is 16.3 Å². The van der Waals surface area contributed by atoms with E-state index in [1.165, 1.54) is 11.3 Å². The molecule has 0 saturated carbocycles. The Hall–Kier alpha value is -1.11. The third kappa shape index (κ3) is 4.19. The van der Waals surface area contributed by atoms with E-state index in [1.54, 1.807) is 18.2 Å². The molecule has 19 heavy (non-hydrogen) atoms. The molecule has 100 valence electrons. The van der Waals surface area contributed by atoms with E-state index in [1.807, 2.05) is 12.3 Å². The maximum absolute atomic E-state index is 11.7. The van der Waals surface area contributed by atoms with Gasteiger partial charge in [0.1, 0.15) is 5.75 Å². The highest BCUT2D eigenvalue weighted by Gasteiger charge is 2.08. The molecule has 1 aromatic heterocycles. The van der Waals surface area contributed by atoms with Crippen LogP contribution < -0.4 is 10.1 Å². The number of nitrogens with one attached hydrogen (secondary N) is 1. The molecule has 7 heteroatoms. The van der Waals surface area contributed by atoms with Gasteiger partial charge in [-0.3, -0.25) is 10.1 Å². The van der Waals surface area contributed by atoms with Crippen molar-refractivity contribution in [3.63, 3.8) is 0 Å². The number of halogens is 2. The molecule has 0 bridgehead atoms. The second-order valence-electron chi connectivity index (χ2n) is 3.71. The first kappa shape index (κ1) is 14.3. The van der Waals surface area contributed by atoms with Crippen LogP contribution in [0.15, 0.2) is 28.1 Å². The number of thiazole rings is 1. The molecule has 0 aliphatic carbocycles. The zero-order valence-electron chi connectivity index (χ0n) is 9.94. The van der Waals surface area contributed by atoms with Crippen LogP contribution >= 0.6 is 38.9 Å². The van der Waals surface area contributed by atoms with Crippen LogP contribution in [0.1, 0.15) is 5.69 Å². The van der Waals surface area contributed by atoms with Gasteiger partial charge < -0.3 is 4.74 Å². The highest BCUT2D eigenvalue weighted by molar-refractivity contribution is 9.10. The minimum absolute atomic E-state index is 0.111. The maximum Gasteiger partial charge on any atom is 0.264 e. The van der Waals surface area contributed by atoms with Crippen molar-refractivity contribution in [2.24, 2.45) is 0 Å². The molecule has 0 aliphatic rings. The summed E-state index contributed by atoms with van der Waals surface area (Å²) in [6, 6.07) is 5.20. The van der Waals surface area contributed by atoms with Gasteiger partial charge in [-0.25, -0.2) is 4.98 Å². The van der Waals surface area contributed by atoms with Crippen molar-refractivity contribution in [2.75, 3.05) is 11.9 Å². The number of rotatable bonds is 4. The number of nitrogens with zero attached hydrogens (tertiary/aromatic N) is 1. The van der Waals surface area contributed by atoms with Crippen LogP contribution in [0.25, 0.3) is 0 Å². The fourth-order valence-electron chi connectivity index (χ4n) is 1.30. The lowest BCUT2D eigenvalue weighted by Gasteiger charge is -2.07. The molecule has 0 unspecified atom stereocenters. The molecule has 0 fully saturated rings. The first-order chi connectivity index (χ1) is 9.04.